The van der Waals surface area contributed by atoms with Crippen LogP contribution in [0.2, 0.25) is 0 Å². The zero-order valence-electron chi connectivity index (χ0n) is 15.8. The molecule has 144 valence electrons. The molecule has 0 aliphatic carbocycles. The third kappa shape index (κ3) is 3.21. The van der Waals surface area contributed by atoms with Crippen LogP contribution in [0.15, 0.2) is 36.5 Å². The summed E-state index contributed by atoms with van der Waals surface area (Å²) in [6.45, 7) is 3.97. The van der Waals surface area contributed by atoms with Gasteiger partial charge in [0, 0.05) is 37.8 Å². The predicted molar refractivity (Wildman–Crippen MR) is 107 cm³/mol. The SMILES string of the molecule is Cc1cc(F)cc2c(N3CCN(c4cccc(F)c4C#N)CC3)c(C#N)cnc12. The molecule has 0 spiro atoms. The van der Waals surface area contributed by atoms with E-state index < -0.39 is 5.82 Å². The fraction of sp³-hybridized carbons (Fsp3) is 0.227. The van der Waals surface area contributed by atoms with Crippen LogP contribution in [-0.2, 0) is 0 Å². The molecule has 5 nitrogen and oxygen atoms in total. The second kappa shape index (κ2) is 7.37. The number of halogens is 2. The summed E-state index contributed by atoms with van der Waals surface area (Å²) >= 11 is 0. The molecule has 2 aromatic carbocycles. The molecule has 1 aromatic heterocycles. The van der Waals surface area contributed by atoms with Crippen molar-refractivity contribution in [3.8, 4) is 12.1 Å². The third-order valence-electron chi connectivity index (χ3n) is 5.26. The van der Waals surface area contributed by atoms with E-state index in [2.05, 4.69) is 11.1 Å². The van der Waals surface area contributed by atoms with Crippen LogP contribution in [0.5, 0.6) is 0 Å². The number of piperazine rings is 1. The van der Waals surface area contributed by atoms with Crippen molar-refractivity contribution in [2.75, 3.05) is 36.0 Å². The molecule has 1 aliphatic heterocycles. The summed E-state index contributed by atoms with van der Waals surface area (Å²) in [5.41, 5.74) is 3.03. The van der Waals surface area contributed by atoms with Gasteiger partial charge in [0.25, 0.3) is 0 Å². The standard InChI is InChI=1S/C22H17F2N5/c1-14-9-16(23)10-17-21(14)27-13-15(11-25)22(17)29-7-5-28(6-8-29)20-4-2-3-19(24)18(20)12-26/h2-4,9-10,13H,5-8H2,1H3. The van der Waals surface area contributed by atoms with E-state index in [0.717, 1.165) is 0 Å². The Morgan fingerprint density at radius 1 is 1.00 bits per heavy atom. The smallest absolute Gasteiger partial charge is 0.143 e. The van der Waals surface area contributed by atoms with Crippen molar-refractivity contribution in [3.63, 3.8) is 0 Å². The third-order valence-corrected chi connectivity index (χ3v) is 5.26. The lowest BCUT2D eigenvalue weighted by Crippen LogP contribution is -2.47. The monoisotopic (exact) mass is 389 g/mol. The summed E-state index contributed by atoms with van der Waals surface area (Å²) in [7, 11) is 0. The Balaban J connectivity index is 1.69. The first-order valence-corrected chi connectivity index (χ1v) is 9.21. The number of aromatic nitrogens is 1. The Labute approximate surface area is 167 Å². The number of hydrogen-bond acceptors (Lipinski definition) is 5. The van der Waals surface area contributed by atoms with Gasteiger partial charge in [-0.25, -0.2) is 8.78 Å². The molecule has 2 heterocycles. The molecule has 0 bridgehead atoms. The van der Waals surface area contributed by atoms with E-state index in [9.17, 15) is 19.3 Å². The van der Waals surface area contributed by atoms with Crippen LogP contribution in [0.4, 0.5) is 20.2 Å². The van der Waals surface area contributed by atoms with Gasteiger partial charge in [-0.2, -0.15) is 10.5 Å². The molecular formula is C22H17F2N5. The van der Waals surface area contributed by atoms with Crippen LogP contribution < -0.4 is 9.80 Å². The molecule has 0 N–H and O–H groups in total. The van der Waals surface area contributed by atoms with Gasteiger partial charge in [0.05, 0.1) is 22.5 Å². The van der Waals surface area contributed by atoms with Crippen molar-refractivity contribution in [3.05, 3.63) is 64.9 Å². The predicted octanol–water partition coefficient (Wildman–Crippen LogP) is 3.89. The molecule has 1 aliphatic rings. The van der Waals surface area contributed by atoms with E-state index in [-0.39, 0.29) is 11.4 Å². The Morgan fingerprint density at radius 3 is 2.41 bits per heavy atom. The minimum absolute atomic E-state index is 0.0331. The van der Waals surface area contributed by atoms with Crippen LogP contribution in [0.3, 0.4) is 0 Å². The Morgan fingerprint density at radius 2 is 1.72 bits per heavy atom. The summed E-state index contributed by atoms with van der Waals surface area (Å²) in [6, 6.07) is 11.5. The molecular weight excluding hydrogens is 372 g/mol. The fourth-order valence-electron chi connectivity index (χ4n) is 3.90. The molecule has 0 amide bonds. The number of benzene rings is 2. The number of pyridine rings is 1. The minimum atomic E-state index is -0.537. The molecule has 0 saturated carbocycles. The quantitative estimate of drug-likeness (QED) is 0.665. The normalized spacial score (nSPS) is 14.0. The van der Waals surface area contributed by atoms with Gasteiger partial charge in [0.2, 0.25) is 0 Å². The molecule has 29 heavy (non-hydrogen) atoms. The molecule has 0 unspecified atom stereocenters. The summed E-state index contributed by atoms with van der Waals surface area (Å²) in [4.78, 5) is 8.33. The van der Waals surface area contributed by atoms with Crippen molar-refractivity contribution < 1.29 is 8.78 Å². The van der Waals surface area contributed by atoms with E-state index in [4.69, 9.17) is 0 Å². The lowest BCUT2D eigenvalue weighted by Gasteiger charge is -2.38. The highest BCUT2D eigenvalue weighted by Gasteiger charge is 2.24. The minimum Gasteiger partial charge on any atom is -0.367 e. The van der Waals surface area contributed by atoms with E-state index in [1.165, 1.54) is 24.4 Å². The maximum Gasteiger partial charge on any atom is 0.143 e. The highest BCUT2D eigenvalue weighted by molar-refractivity contribution is 5.96. The van der Waals surface area contributed by atoms with E-state index in [1.807, 2.05) is 15.9 Å². The Hall–Kier alpha value is -3.71. The van der Waals surface area contributed by atoms with E-state index in [1.54, 1.807) is 19.1 Å². The second-order valence-electron chi connectivity index (χ2n) is 6.97. The lowest BCUT2D eigenvalue weighted by molar-refractivity contribution is 0.616. The number of rotatable bonds is 2. The maximum absolute atomic E-state index is 14.1. The zero-order chi connectivity index (χ0) is 20.5. The summed E-state index contributed by atoms with van der Waals surface area (Å²) < 4.78 is 28.0. The Kier molecular flexibility index (Phi) is 4.74. The first-order chi connectivity index (χ1) is 14.0. The zero-order valence-corrected chi connectivity index (χ0v) is 15.8. The van der Waals surface area contributed by atoms with Gasteiger partial charge >= 0.3 is 0 Å². The number of nitrogens with zero attached hydrogens (tertiary/aromatic N) is 5. The summed E-state index contributed by atoms with van der Waals surface area (Å²) in [5.74, 6) is -0.907. The average Bonchev–Trinajstić information content (AvgIpc) is 2.72. The van der Waals surface area contributed by atoms with Gasteiger partial charge in [-0.05, 0) is 36.8 Å². The molecule has 3 aromatic rings. The fourth-order valence-corrected chi connectivity index (χ4v) is 3.90. The molecule has 4 rings (SSSR count). The van der Waals surface area contributed by atoms with Crippen LogP contribution in [0.1, 0.15) is 16.7 Å². The summed E-state index contributed by atoms with van der Waals surface area (Å²) in [6.07, 6.45) is 1.52. The van der Waals surface area contributed by atoms with Crippen molar-refractivity contribution in [2.24, 2.45) is 0 Å². The maximum atomic E-state index is 14.1. The van der Waals surface area contributed by atoms with Gasteiger partial charge in [-0.15, -0.1) is 0 Å². The van der Waals surface area contributed by atoms with Crippen molar-refractivity contribution in [1.82, 2.24) is 4.98 Å². The lowest BCUT2D eigenvalue weighted by atomic mass is 10.0. The first-order valence-electron chi connectivity index (χ1n) is 9.21. The van der Waals surface area contributed by atoms with E-state index >= 15 is 0 Å². The van der Waals surface area contributed by atoms with Crippen LogP contribution in [0.25, 0.3) is 10.9 Å². The summed E-state index contributed by atoms with van der Waals surface area (Å²) in [5, 5.41) is 19.5. The van der Waals surface area contributed by atoms with Gasteiger partial charge in [0.15, 0.2) is 0 Å². The number of anilines is 2. The average molecular weight is 389 g/mol. The van der Waals surface area contributed by atoms with Crippen LogP contribution in [0, 0.1) is 41.2 Å². The van der Waals surface area contributed by atoms with Crippen LogP contribution >= 0.6 is 0 Å². The first kappa shape index (κ1) is 18.6. The second-order valence-corrected chi connectivity index (χ2v) is 6.97. The topological polar surface area (TPSA) is 67.0 Å². The number of hydrogen-bond donors (Lipinski definition) is 0. The number of nitriles is 2. The molecule has 0 radical (unpaired) electrons. The molecule has 7 heteroatoms. The highest BCUT2D eigenvalue weighted by Crippen LogP contribution is 2.33. The molecule has 0 atom stereocenters. The van der Waals surface area contributed by atoms with Crippen molar-refractivity contribution in [1.29, 1.82) is 10.5 Å². The van der Waals surface area contributed by atoms with Gasteiger partial charge in [-0.1, -0.05) is 6.07 Å². The number of fused-ring (bicyclic) bond motifs is 1. The van der Waals surface area contributed by atoms with E-state index in [0.29, 0.717) is 59.6 Å². The number of aryl methyl sites for hydroxylation is 1. The van der Waals surface area contributed by atoms with Crippen molar-refractivity contribution in [2.45, 2.75) is 6.92 Å². The molecule has 1 saturated heterocycles. The van der Waals surface area contributed by atoms with Crippen molar-refractivity contribution >= 4 is 22.3 Å². The van der Waals surface area contributed by atoms with Crippen LogP contribution in [-0.4, -0.2) is 31.2 Å². The molecule has 1 fully saturated rings. The van der Waals surface area contributed by atoms with Gasteiger partial charge in [-0.3, -0.25) is 4.98 Å². The Bertz CT molecular complexity index is 1180. The largest absolute Gasteiger partial charge is 0.367 e. The van der Waals surface area contributed by atoms with Gasteiger partial charge < -0.3 is 9.80 Å². The van der Waals surface area contributed by atoms with Gasteiger partial charge in [0.1, 0.15) is 29.3 Å². The highest BCUT2D eigenvalue weighted by atomic mass is 19.1.